The molecule has 1 saturated carbocycles. The van der Waals surface area contributed by atoms with Crippen LogP contribution < -0.4 is 0 Å². The highest BCUT2D eigenvalue weighted by Crippen LogP contribution is 2.38. The summed E-state index contributed by atoms with van der Waals surface area (Å²) in [4.78, 5) is 14.6. The van der Waals surface area contributed by atoms with E-state index in [0.717, 1.165) is 38.8 Å². The Morgan fingerprint density at radius 2 is 2.05 bits per heavy atom. The highest BCUT2D eigenvalue weighted by atomic mass is 35.7. The first kappa shape index (κ1) is 14.9. The van der Waals surface area contributed by atoms with Crippen LogP contribution in [0.3, 0.4) is 0 Å². The highest BCUT2D eigenvalue weighted by molar-refractivity contribution is 8.13. The zero-order chi connectivity index (χ0) is 15.2. The maximum Gasteiger partial charge on any atom is 0.270 e. The van der Waals surface area contributed by atoms with Gasteiger partial charge in [0.15, 0.2) is 0 Å². The van der Waals surface area contributed by atoms with E-state index < -0.39 is 9.05 Å². The molecule has 0 bridgehead atoms. The van der Waals surface area contributed by atoms with Gasteiger partial charge < -0.3 is 9.47 Å². The average molecular weight is 331 g/mol. The Labute approximate surface area is 129 Å². The van der Waals surface area contributed by atoms with E-state index >= 15 is 0 Å². The molecule has 2 heterocycles. The predicted octanol–water partition coefficient (Wildman–Crippen LogP) is 2.62. The van der Waals surface area contributed by atoms with Crippen LogP contribution in [0.5, 0.6) is 0 Å². The minimum Gasteiger partial charge on any atom is -0.339 e. The summed E-state index contributed by atoms with van der Waals surface area (Å²) < 4.78 is 24.8. The second kappa shape index (κ2) is 5.32. The molecule has 3 rings (SSSR count). The van der Waals surface area contributed by atoms with Crippen molar-refractivity contribution in [3.63, 3.8) is 0 Å². The van der Waals surface area contributed by atoms with Gasteiger partial charge in [0.1, 0.15) is 10.6 Å². The first-order valence-electron chi connectivity index (χ1n) is 7.32. The van der Waals surface area contributed by atoms with Crippen molar-refractivity contribution in [2.24, 2.45) is 5.92 Å². The van der Waals surface area contributed by atoms with Gasteiger partial charge in [0.2, 0.25) is 0 Å². The molecule has 2 aliphatic rings. The number of hydrogen-bond donors (Lipinski definition) is 0. The summed E-state index contributed by atoms with van der Waals surface area (Å²) in [6.07, 6.45) is 5.59. The number of aromatic nitrogens is 1. The van der Waals surface area contributed by atoms with Gasteiger partial charge in [0, 0.05) is 36.0 Å². The lowest BCUT2D eigenvalue weighted by Gasteiger charge is -2.31. The van der Waals surface area contributed by atoms with Gasteiger partial charge in [-0.1, -0.05) is 6.92 Å². The third-order valence-corrected chi connectivity index (χ3v) is 5.53. The number of carbonyl (C=O) groups is 1. The van der Waals surface area contributed by atoms with Crippen LogP contribution in [0.1, 0.15) is 49.1 Å². The molecule has 0 N–H and O–H groups in total. The van der Waals surface area contributed by atoms with Gasteiger partial charge in [-0.25, -0.2) is 8.42 Å². The van der Waals surface area contributed by atoms with E-state index in [2.05, 4.69) is 6.92 Å². The zero-order valence-corrected chi connectivity index (χ0v) is 13.5. The molecule has 1 aromatic heterocycles. The molecule has 1 aliphatic heterocycles. The van der Waals surface area contributed by atoms with Crippen molar-refractivity contribution in [3.8, 4) is 0 Å². The van der Waals surface area contributed by atoms with Crippen molar-refractivity contribution in [1.82, 2.24) is 9.47 Å². The Kier molecular flexibility index (Phi) is 3.78. The van der Waals surface area contributed by atoms with Crippen LogP contribution in [0.4, 0.5) is 0 Å². The molecule has 0 spiro atoms. The third kappa shape index (κ3) is 3.11. The topological polar surface area (TPSA) is 59.4 Å². The molecule has 1 aromatic rings. The molecular weight excluding hydrogens is 312 g/mol. The van der Waals surface area contributed by atoms with E-state index in [1.54, 1.807) is 4.57 Å². The van der Waals surface area contributed by atoms with E-state index in [1.807, 2.05) is 4.90 Å². The van der Waals surface area contributed by atoms with E-state index in [4.69, 9.17) is 10.7 Å². The Morgan fingerprint density at radius 3 is 2.62 bits per heavy atom. The number of amides is 1. The van der Waals surface area contributed by atoms with E-state index in [1.165, 1.54) is 12.3 Å². The molecule has 0 aromatic carbocycles. The summed E-state index contributed by atoms with van der Waals surface area (Å²) >= 11 is 0. The second-order valence-electron chi connectivity index (χ2n) is 6.14. The fraction of sp³-hybridized carbons (Fsp3) is 0.643. The van der Waals surface area contributed by atoms with Crippen molar-refractivity contribution in [3.05, 3.63) is 18.0 Å². The van der Waals surface area contributed by atoms with Gasteiger partial charge in [-0.2, -0.15) is 0 Å². The Morgan fingerprint density at radius 1 is 1.33 bits per heavy atom. The lowest BCUT2D eigenvalue weighted by Crippen LogP contribution is -2.39. The number of carbonyl (C=O) groups excluding carboxylic acids is 1. The Bertz CT molecular complexity index is 664. The summed E-state index contributed by atoms with van der Waals surface area (Å²) in [5, 5.41) is 0. The van der Waals surface area contributed by atoms with E-state index in [0.29, 0.717) is 11.6 Å². The zero-order valence-electron chi connectivity index (χ0n) is 12.0. The molecular formula is C14H19ClN2O3S. The monoisotopic (exact) mass is 330 g/mol. The average Bonchev–Trinajstić information content (AvgIpc) is 3.15. The van der Waals surface area contributed by atoms with Crippen LogP contribution in [-0.4, -0.2) is 36.9 Å². The molecule has 1 aliphatic carbocycles. The van der Waals surface area contributed by atoms with Gasteiger partial charge in [0.25, 0.3) is 15.0 Å². The first-order valence-corrected chi connectivity index (χ1v) is 9.63. The minimum atomic E-state index is -3.80. The van der Waals surface area contributed by atoms with Crippen LogP contribution in [0.2, 0.25) is 0 Å². The highest BCUT2D eigenvalue weighted by Gasteiger charge is 2.32. The predicted molar refractivity (Wildman–Crippen MR) is 80.0 cm³/mol. The summed E-state index contributed by atoms with van der Waals surface area (Å²) in [5.74, 6) is 0.406. The standard InChI is InChI=1S/C14H19ClN2O3S/c1-10-3-2-6-16(8-10)14(18)13-7-12(21(15,19)20)9-17(13)11-4-5-11/h7,9-11H,2-6,8H2,1H3. The fourth-order valence-electron chi connectivity index (χ4n) is 2.95. The van der Waals surface area contributed by atoms with E-state index in [-0.39, 0.29) is 16.8 Å². The minimum absolute atomic E-state index is 0.0180. The van der Waals surface area contributed by atoms with Crippen molar-refractivity contribution < 1.29 is 13.2 Å². The lowest BCUT2D eigenvalue weighted by atomic mass is 10.00. The first-order chi connectivity index (χ1) is 9.86. The molecule has 21 heavy (non-hydrogen) atoms. The van der Waals surface area contributed by atoms with Crippen LogP contribution in [0.15, 0.2) is 17.2 Å². The summed E-state index contributed by atoms with van der Waals surface area (Å²) in [7, 11) is 1.61. The quantitative estimate of drug-likeness (QED) is 0.800. The Balaban J connectivity index is 1.93. The van der Waals surface area contributed by atoms with Crippen LogP contribution in [0, 0.1) is 5.92 Å². The van der Waals surface area contributed by atoms with Gasteiger partial charge in [-0.3, -0.25) is 4.79 Å². The molecule has 116 valence electrons. The molecule has 2 fully saturated rings. The smallest absolute Gasteiger partial charge is 0.270 e. The molecule has 1 amide bonds. The molecule has 1 unspecified atom stereocenters. The number of hydrogen-bond acceptors (Lipinski definition) is 3. The van der Waals surface area contributed by atoms with Crippen LogP contribution in [0.25, 0.3) is 0 Å². The second-order valence-corrected chi connectivity index (χ2v) is 8.70. The van der Waals surface area contributed by atoms with Gasteiger partial charge in [0.05, 0.1) is 0 Å². The van der Waals surface area contributed by atoms with E-state index in [9.17, 15) is 13.2 Å². The summed E-state index contributed by atoms with van der Waals surface area (Å²) in [6, 6.07) is 1.65. The SMILES string of the molecule is CC1CCCN(C(=O)c2cc(S(=O)(=O)Cl)cn2C2CC2)C1. The van der Waals surface area contributed by atoms with Crippen molar-refractivity contribution >= 4 is 25.6 Å². The van der Waals surface area contributed by atoms with Crippen molar-refractivity contribution in [2.75, 3.05) is 13.1 Å². The molecule has 1 saturated heterocycles. The van der Waals surface area contributed by atoms with Crippen molar-refractivity contribution in [1.29, 1.82) is 0 Å². The normalized spacial score (nSPS) is 23.3. The van der Waals surface area contributed by atoms with Crippen molar-refractivity contribution in [2.45, 2.75) is 43.5 Å². The Hall–Kier alpha value is -1.01. The molecule has 0 radical (unpaired) electrons. The van der Waals surface area contributed by atoms with Crippen LogP contribution in [-0.2, 0) is 9.05 Å². The number of nitrogens with zero attached hydrogens (tertiary/aromatic N) is 2. The maximum absolute atomic E-state index is 12.7. The number of likely N-dealkylation sites (tertiary alicyclic amines) is 1. The number of piperidine rings is 1. The molecule has 5 nitrogen and oxygen atoms in total. The van der Waals surface area contributed by atoms with Gasteiger partial charge in [-0.15, -0.1) is 0 Å². The summed E-state index contributed by atoms with van der Waals surface area (Å²) in [5.41, 5.74) is 0.450. The lowest BCUT2D eigenvalue weighted by molar-refractivity contribution is 0.0672. The number of rotatable bonds is 3. The largest absolute Gasteiger partial charge is 0.339 e. The maximum atomic E-state index is 12.7. The number of halogens is 1. The van der Waals surface area contributed by atoms with Gasteiger partial charge in [-0.05, 0) is 37.7 Å². The fourth-order valence-corrected chi connectivity index (χ4v) is 3.69. The molecule has 1 atom stereocenters. The van der Waals surface area contributed by atoms with Crippen LogP contribution >= 0.6 is 10.7 Å². The summed E-state index contributed by atoms with van der Waals surface area (Å²) in [6.45, 7) is 3.60. The third-order valence-electron chi connectivity index (χ3n) is 4.21. The van der Waals surface area contributed by atoms with Gasteiger partial charge >= 0.3 is 0 Å². The molecule has 7 heteroatoms.